The topological polar surface area (TPSA) is 87.3 Å². The van der Waals surface area contributed by atoms with E-state index in [1.165, 1.54) is 13.8 Å². The molecule has 0 aliphatic carbocycles. The van der Waals surface area contributed by atoms with Gasteiger partial charge in [-0.1, -0.05) is 36.4 Å². The van der Waals surface area contributed by atoms with Crippen LogP contribution in [-0.2, 0) is 16.1 Å². The molecule has 0 aromatic heterocycles. The zero-order valence-corrected chi connectivity index (χ0v) is 15.7. The van der Waals surface area contributed by atoms with E-state index in [4.69, 9.17) is 0 Å². The normalized spacial score (nSPS) is 10.4. The van der Waals surface area contributed by atoms with Crippen molar-refractivity contribution in [2.24, 2.45) is 0 Å². The molecule has 3 aromatic carbocycles. The van der Waals surface area contributed by atoms with Crippen LogP contribution in [0.15, 0.2) is 60.7 Å². The lowest BCUT2D eigenvalue weighted by Crippen LogP contribution is -2.23. The van der Waals surface area contributed by atoms with Crippen molar-refractivity contribution in [3.05, 3.63) is 71.8 Å². The number of fused-ring (bicyclic) bond motifs is 1. The Kier molecular flexibility index (Phi) is 5.69. The van der Waals surface area contributed by atoms with Gasteiger partial charge in [-0.25, -0.2) is 0 Å². The molecule has 3 N–H and O–H groups in total. The van der Waals surface area contributed by atoms with Crippen LogP contribution in [0.25, 0.3) is 10.8 Å². The quantitative estimate of drug-likeness (QED) is 0.636. The Balaban J connectivity index is 1.77. The summed E-state index contributed by atoms with van der Waals surface area (Å²) in [6.45, 7) is 3.12. The van der Waals surface area contributed by atoms with E-state index in [9.17, 15) is 14.4 Å². The summed E-state index contributed by atoms with van der Waals surface area (Å²) in [5.41, 5.74) is 2.20. The van der Waals surface area contributed by atoms with Crippen LogP contribution in [0.2, 0.25) is 0 Å². The summed E-state index contributed by atoms with van der Waals surface area (Å²) in [5.74, 6) is -0.822. The van der Waals surface area contributed by atoms with E-state index in [0.717, 1.165) is 16.3 Å². The standard InChI is InChI=1S/C22H21N3O3/c1-14(26)24-20-10-19(11-21(12-20)25-15(2)27)22(28)23-13-16-7-8-17-5-3-4-6-18(17)9-16/h3-12H,13H2,1-2H3,(H,23,28)(H,24,26)(H,25,27). The van der Waals surface area contributed by atoms with Crippen LogP contribution in [-0.4, -0.2) is 17.7 Å². The minimum absolute atomic E-state index is 0.262. The third-order valence-corrected chi connectivity index (χ3v) is 4.10. The lowest BCUT2D eigenvalue weighted by atomic mass is 10.1. The average Bonchev–Trinajstić information content (AvgIpc) is 2.64. The molecule has 0 heterocycles. The maximum atomic E-state index is 12.6. The van der Waals surface area contributed by atoms with Crippen LogP contribution in [0.3, 0.4) is 0 Å². The zero-order valence-electron chi connectivity index (χ0n) is 15.7. The monoisotopic (exact) mass is 375 g/mol. The number of amides is 3. The molecule has 3 amide bonds. The van der Waals surface area contributed by atoms with Crippen molar-refractivity contribution in [1.82, 2.24) is 5.32 Å². The molecule has 0 aliphatic rings. The van der Waals surface area contributed by atoms with Gasteiger partial charge in [0.15, 0.2) is 0 Å². The maximum absolute atomic E-state index is 12.6. The zero-order chi connectivity index (χ0) is 20.1. The Morgan fingerprint density at radius 2 is 1.36 bits per heavy atom. The summed E-state index contributed by atoms with van der Waals surface area (Å²) in [4.78, 5) is 35.3. The second-order valence-corrected chi connectivity index (χ2v) is 6.53. The van der Waals surface area contributed by atoms with Gasteiger partial charge in [-0.15, -0.1) is 0 Å². The van der Waals surface area contributed by atoms with Gasteiger partial charge >= 0.3 is 0 Å². The summed E-state index contributed by atoms with van der Waals surface area (Å²) in [6.07, 6.45) is 0. The molecule has 0 saturated heterocycles. The van der Waals surface area contributed by atoms with Gasteiger partial charge in [0.2, 0.25) is 11.8 Å². The van der Waals surface area contributed by atoms with Crippen LogP contribution >= 0.6 is 0 Å². The molecule has 0 radical (unpaired) electrons. The minimum Gasteiger partial charge on any atom is -0.348 e. The number of carbonyl (C=O) groups is 3. The van der Waals surface area contributed by atoms with Crippen LogP contribution in [0.4, 0.5) is 11.4 Å². The number of carbonyl (C=O) groups excluding carboxylic acids is 3. The highest BCUT2D eigenvalue weighted by Gasteiger charge is 2.11. The lowest BCUT2D eigenvalue weighted by Gasteiger charge is -2.11. The van der Waals surface area contributed by atoms with E-state index in [0.29, 0.717) is 23.5 Å². The molecule has 0 unspecified atom stereocenters. The minimum atomic E-state index is -0.299. The van der Waals surface area contributed by atoms with E-state index in [-0.39, 0.29) is 17.7 Å². The van der Waals surface area contributed by atoms with E-state index >= 15 is 0 Å². The number of anilines is 2. The lowest BCUT2D eigenvalue weighted by molar-refractivity contribution is -0.115. The Bertz CT molecular complexity index is 1030. The maximum Gasteiger partial charge on any atom is 0.251 e. The fourth-order valence-electron chi connectivity index (χ4n) is 2.94. The van der Waals surface area contributed by atoms with Crippen molar-refractivity contribution >= 4 is 39.9 Å². The van der Waals surface area contributed by atoms with E-state index in [2.05, 4.69) is 16.0 Å². The molecule has 0 aliphatic heterocycles. The first-order chi connectivity index (χ1) is 13.4. The van der Waals surface area contributed by atoms with Crippen LogP contribution in [0, 0.1) is 0 Å². The Morgan fingerprint density at radius 1 is 0.750 bits per heavy atom. The van der Waals surface area contributed by atoms with E-state index < -0.39 is 0 Å². The first kappa shape index (κ1) is 19.1. The van der Waals surface area contributed by atoms with Crippen molar-refractivity contribution in [3.8, 4) is 0 Å². The van der Waals surface area contributed by atoms with Crippen molar-refractivity contribution < 1.29 is 14.4 Å². The Labute approximate surface area is 162 Å². The summed E-state index contributed by atoms with van der Waals surface area (Å²) >= 11 is 0. The molecule has 6 heteroatoms. The second-order valence-electron chi connectivity index (χ2n) is 6.53. The number of benzene rings is 3. The van der Waals surface area contributed by atoms with E-state index in [1.54, 1.807) is 18.2 Å². The fraction of sp³-hybridized carbons (Fsp3) is 0.136. The Hall–Kier alpha value is -3.67. The summed E-state index contributed by atoms with van der Waals surface area (Å²) in [7, 11) is 0. The summed E-state index contributed by atoms with van der Waals surface area (Å²) < 4.78 is 0. The molecule has 0 saturated carbocycles. The summed E-state index contributed by atoms with van der Waals surface area (Å²) in [6, 6.07) is 18.8. The number of nitrogens with one attached hydrogen (secondary N) is 3. The number of hydrogen-bond acceptors (Lipinski definition) is 3. The average molecular weight is 375 g/mol. The molecule has 3 rings (SSSR count). The van der Waals surface area contributed by atoms with Crippen LogP contribution in [0.1, 0.15) is 29.8 Å². The van der Waals surface area contributed by atoms with Gasteiger partial charge in [-0.3, -0.25) is 14.4 Å². The van der Waals surface area contributed by atoms with Crippen molar-refractivity contribution in [3.63, 3.8) is 0 Å². The molecule has 0 spiro atoms. The number of rotatable bonds is 5. The molecular formula is C22H21N3O3. The van der Waals surface area contributed by atoms with Gasteiger partial charge in [0.1, 0.15) is 0 Å². The first-order valence-electron chi connectivity index (χ1n) is 8.87. The van der Waals surface area contributed by atoms with E-state index in [1.807, 2.05) is 42.5 Å². The van der Waals surface area contributed by atoms with Gasteiger partial charge in [0, 0.05) is 37.3 Å². The molecule has 0 bridgehead atoms. The molecular weight excluding hydrogens is 354 g/mol. The third-order valence-electron chi connectivity index (χ3n) is 4.10. The number of hydrogen-bond donors (Lipinski definition) is 3. The Morgan fingerprint density at radius 3 is 1.96 bits per heavy atom. The molecule has 142 valence electrons. The van der Waals surface area contributed by atoms with Crippen molar-refractivity contribution in [1.29, 1.82) is 0 Å². The highest BCUT2D eigenvalue weighted by atomic mass is 16.2. The highest BCUT2D eigenvalue weighted by molar-refractivity contribution is 6.00. The van der Waals surface area contributed by atoms with Gasteiger partial charge in [0.05, 0.1) is 0 Å². The fourth-order valence-corrected chi connectivity index (χ4v) is 2.94. The second kappa shape index (κ2) is 8.35. The van der Waals surface area contributed by atoms with Crippen molar-refractivity contribution in [2.45, 2.75) is 20.4 Å². The predicted octanol–water partition coefficient (Wildman–Crippen LogP) is 3.69. The van der Waals surface area contributed by atoms with Gasteiger partial charge in [-0.2, -0.15) is 0 Å². The molecule has 0 fully saturated rings. The molecule has 0 atom stereocenters. The van der Waals surface area contributed by atoms with Crippen molar-refractivity contribution in [2.75, 3.05) is 10.6 Å². The first-order valence-corrected chi connectivity index (χ1v) is 8.87. The predicted molar refractivity (Wildman–Crippen MR) is 110 cm³/mol. The molecule has 6 nitrogen and oxygen atoms in total. The van der Waals surface area contributed by atoms with Crippen LogP contribution in [0.5, 0.6) is 0 Å². The summed E-state index contributed by atoms with van der Waals surface area (Å²) in [5, 5.41) is 10.4. The van der Waals surface area contributed by atoms with Gasteiger partial charge < -0.3 is 16.0 Å². The molecule has 28 heavy (non-hydrogen) atoms. The SMILES string of the molecule is CC(=O)Nc1cc(NC(C)=O)cc(C(=O)NCc2ccc3ccccc3c2)c1. The smallest absolute Gasteiger partial charge is 0.251 e. The largest absolute Gasteiger partial charge is 0.348 e. The third kappa shape index (κ3) is 4.94. The molecule has 3 aromatic rings. The van der Waals surface area contributed by atoms with Crippen LogP contribution < -0.4 is 16.0 Å². The highest BCUT2D eigenvalue weighted by Crippen LogP contribution is 2.20. The van der Waals surface area contributed by atoms with Gasteiger partial charge in [0.25, 0.3) is 5.91 Å². The van der Waals surface area contributed by atoms with Gasteiger partial charge in [-0.05, 0) is 40.6 Å².